The van der Waals surface area contributed by atoms with E-state index in [1.54, 1.807) is 42.5 Å². The Kier molecular flexibility index (Phi) is 6.12. The average molecular weight is 442 g/mol. The van der Waals surface area contributed by atoms with Crippen molar-refractivity contribution in [3.05, 3.63) is 96.3 Å². The Morgan fingerprint density at radius 2 is 1.56 bits per heavy atom. The van der Waals surface area contributed by atoms with E-state index in [0.717, 1.165) is 0 Å². The first kappa shape index (κ1) is 19.8. The normalized spacial score (nSPS) is 10.7. The molecule has 2 aromatic carbocycles. The van der Waals surface area contributed by atoms with E-state index in [9.17, 15) is 9.59 Å². The van der Waals surface area contributed by atoms with Gasteiger partial charge in [0.15, 0.2) is 0 Å². The van der Waals surface area contributed by atoms with Gasteiger partial charge >= 0.3 is 0 Å². The zero-order valence-electron chi connectivity index (χ0n) is 13.7. The van der Waals surface area contributed by atoms with Gasteiger partial charge in [-0.1, -0.05) is 52.5 Å². The molecule has 0 spiro atoms. The molecule has 1 N–H and O–H groups in total. The van der Waals surface area contributed by atoms with Gasteiger partial charge in [-0.3, -0.25) is 9.59 Å². The Labute approximate surface area is 175 Å². The van der Waals surface area contributed by atoms with Crippen molar-refractivity contribution >= 4 is 58.0 Å². The van der Waals surface area contributed by atoms with Crippen molar-refractivity contribution in [1.29, 1.82) is 0 Å². The predicted molar refractivity (Wildman–Crippen MR) is 111 cm³/mol. The number of anilines is 1. The van der Waals surface area contributed by atoms with Crippen LogP contribution in [-0.2, 0) is 6.54 Å². The Balaban J connectivity index is 1.91. The van der Waals surface area contributed by atoms with Crippen LogP contribution in [0.1, 0.15) is 15.9 Å². The molecule has 0 saturated heterocycles. The summed E-state index contributed by atoms with van der Waals surface area (Å²) in [5, 5.41) is 4.35. The molecular formula is C19H12Cl4N2O2. The molecule has 1 amide bonds. The van der Waals surface area contributed by atoms with E-state index in [0.29, 0.717) is 26.3 Å². The largest absolute Gasteiger partial charge is 0.322 e. The van der Waals surface area contributed by atoms with E-state index in [-0.39, 0.29) is 17.1 Å². The highest BCUT2D eigenvalue weighted by Gasteiger charge is 2.15. The Hall–Kier alpha value is -1.98. The molecule has 4 nitrogen and oxygen atoms in total. The van der Waals surface area contributed by atoms with Crippen LogP contribution in [0.4, 0.5) is 5.69 Å². The predicted octanol–water partition coefficient (Wildman–Crippen LogP) is 5.76. The topological polar surface area (TPSA) is 51.1 Å². The van der Waals surface area contributed by atoms with Crippen LogP contribution in [0, 0.1) is 0 Å². The quantitative estimate of drug-likeness (QED) is 0.559. The van der Waals surface area contributed by atoms with Crippen LogP contribution < -0.4 is 10.9 Å². The van der Waals surface area contributed by atoms with Gasteiger partial charge in [0, 0.05) is 27.0 Å². The highest BCUT2D eigenvalue weighted by atomic mass is 35.5. The summed E-state index contributed by atoms with van der Waals surface area (Å²) in [6.07, 6.45) is 1.45. The van der Waals surface area contributed by atoms with Gasteiger partial charge in [0.25, 0.3) is 11.5 Å². The van der Waals surface area contributed by atoms with Crippen LogP contribution in [0.5, 0.6) is 0 Å². The third kappa shape index (κ3) is 4.85. The number of carbonyl (C=O) groups excluding carboxylic acids is 1. The lowest BCUT2D eigenvalue weighted by Gasteiger charge is -2.11. The van der Waals surface area contributed by atoms with E-state index in [1.165, 1.54) is 16.8 Å². The number of pyridine rings is 1. The van der Waals surface area contributed by atoms with Gasteiger partial charge in [0.05, 0.1) is 11.6 Å². The summed E-state index contributed by atoms with van der Waals surface area (Å²) >= 11 is 24.0. The second-order valence-corrected chi connectivity index (χ2v) is 7.42. The molecule has 27 heavy (non-hydrogen) atoms. The number of aromatic nitrogens is 1. The summed E-state index contributed by atoms with van der Waals surface area (Å²) in [6.45, 7) is 0.149. The standard InChI is InChI=1S/C19H12Cl4N2O2/c20-12-3-5-15(6-4-12)24-18(26)16-7-14(22)10-25(19(16)27)9-11-1-2-13(21)8-17(11)23/h1-8,10H,9H2,(H,24,26). The monoisotopic (exact) mass is 440 g/mol. The number of carbonyl (C=O) groups is 1. The van der Waals surface area contributed by atoms with E-state index >= 15 is 0 Å². The van der Waals surface area contributed by atoms with Gasteiger partial charge in [-0.15, -0.1) is 0 Å². The van der Waals surface area contributed by atoms with Crippen LogP contribution >= 0.6 is 46.4 Å². The highest BCUT2D eigenvalue weighted by molar-refractivity contribution is 6.35. The molecule has 0 aliphatic rings. The summed E-state index contributed by atoms with van der Waals surface area (Å²) in [5.74, 6) is -0.569. The lowest BCUT2D eigenvalue weighted by molar-refractivity contribution is 0.102. The summed E-state index contributed by atoms with van der Waals surface area (Å²) in [6, 6.07) is 12.8. The van der Waals surface area contributed by atoms with E-state index in [2.05, 4.69) is 5.32 Å². The van der Waals surface area contributed by atoms with Crippen LogP contribution in [0.25, 0.3) is 0 Å². The molecular weight excluding hydrogens is 430 g/mol. The summed E-state index contributed by atoms with van der Waals surface area (Å²) in [4.78, 5) is 25.3. The molecule has 8 heteroatoms. The van der Waals surface area contributed by atoms with Crippen molar-refractivity contribution in [2.75, 3.05) is 5.32 Å². The van der Waals surface area contributed by atoms with Crippen molar-refractivity contribution in [3.8, 4) is 0 Å². The molecule has 0 bridgehead atoms. The van der Waals surface area contributed by atoms with Gasteiger partial charge in [-0.05, 0) is 48.0 Å². The van der Waals surface area contributed by atoms with Crippen molar-refractivity contribution in [3.63, 3.8) is 0 Å². The summed E-state index contributed by atoms with van der Waals surface area (Å²) in [5.41, 5.74) is 0.616. The van der Waals surface area contributed by atoms with E-state index < -0.39 is 11.5 Å². The maximum absolute atomic E-state index is 12.7. The number of nitrogens with zero attached hydrogens (tertiary/aromatic N) is 1. The third-order valence-electron chi connectivity index (χ3n) is 3.76. The molecule has 0 unspecified atom stereocenters. The molecule has 3 aromatic rings. The molecule has 1 heterocycles. The minimum Gasteiger partial charge on any atom is -0.322 e. The zero-order valence-corrected chi connectivity index (χ0v) is 16.7. The fraction of sp³-hybridized carbons (Fsp3) is 0.0526. The number of hydrogen-bond donors (Lipinski definition) is 1. The maximum atomic E-state index is 12.7. The Bertz CT molecular complexity index is 1060. The first-order valence-electron chi connectivity index (χ1n) is 7.74. The van der Waals surface area contributed by atoms with Crippen molar-refractivity contribution in [1.82, 2.24) is 4.57 Å². The molecule has 0 radical (unpaired) electrons. The van der Waals surface area contributed by atoms with Gasteiger partial charge in [-0.2, -0.15) is 0 Å². The van der Waals surface area contributed by atoms with Crippen molar-refractivity contribution in [2.24, 2.45) is 0 Å². The van der Waals surface area contributed by atoms with Crippen LogP contribution in [0.2, 0.25) is 20.1 Å². The van der Waals surface area contributed by atoms with Gasteiger partial charge in [-0.25, -0.2) is 0 Å². The van der Waals surface area contributed by atoms with Gasteiger partial charge in [0.1, 0.15) is 5.56 Å². The number of hydrogen-bond acceptors (Lipinski definition) is 2. The number of benzene rings is 2. The summed E-state index contributed by atoms with van der Waals surface area (Å²) < 4.78 is 1.33. The highest BCUT2D eigenvalue weighted by Crippen LogP contribution is 2.22. The lowest BCUT2D eigenvalue weighted by Crippen LogP contribution is -2.29. The maximum Gasteiger partial charge on any atom is 0.263 e. The first-order chi connectivity index (χ1) is 12.8. The number of halogens is 4. The Morgan fingerprint density at radius 3 is 2.22 bits per heavy atom. The Morgan fingerprint density at radius 1 is 0.889 bits per heavy atom. The van der Waals surface area contributed by atoms with Crippen molar-refractivity contribution in [2.45, 2.75) is 6.54 Å². The fourth-order valence-electron chi connectivity index (χ4n) is 2.44. The second-order valence-electron chi connectivity index (χ2n) is 5.70. The average Bonchev–Trinajstić information content (AvgIpc) is 2.62. The van der Waals surface area contributed by atoms with E-state index in [1.807, 2.05) is 0 Å². The molecule has 3 rings (SSSR count). The van der Waals surface area contributed by atoms with Crippen molar-refractivity contribution < 1.29 is 4.79 Å². The number of rotatable bonds is 4. The molecule has 0 atom stereocenters. The second kappa shape index (κ2) is 8.36. The van der Waals surface area contributed by atoms with Gasteiger partial charge in [0.2, 0.25) is 0 Å². The lowest BCUT2D eigenvalue weighted by atomic mass is 10.2. The SMILES string of the molecule is O=C(Nc1ccc(Cl)cc1)c1cc(Cl)cn(Cc2ccc(Cl)cc2Cl)c1=O. The number of nitrogens with one attached hydrogen (secondary N) is 1. The molecule has 0 saturated carbocycles. The minimum atomic E-state index is -0.569. The smallest absolute Gasteiger partial charge is 0.263 e. The molecule has 1 aromatic heterocycles. The number of amides is 1. The van der Waals surface area contributed by atoms with Gasteiger partial charge < -0.3 is 9.88 Å². The van der Waals surface area contributed by atoms with Crippen LogP contribution in [0.15, 0.2) is 59.5 Å². The van der Waals surface area contributed by atoms with Crippen LogP contribution in [-0.4, -0.2) is 10.5 Å². The van der Waals surface area contributed by atoms with Crippen LogP contribution in [0.3, 0.4) is 0 Å². The third-order valence-corrected chi connectivity index (χ3v) is 4.80. The molecule has 0 fully saturated rings. The minimum absolute atomic E-state index is 0.0810. The summed E-state index contributed by atoms with van der Waals surface area (Å²) in [7, 11) is 0. The fourth-order valence-corrected chi connectivity index (χ4v) is 3.27. The first-order valence-corrected chi connectivity index (χ1v) is 9.25. The zero-order chi connectivity index (χ0) is 19.6. The van der Waals surface area contributed by atoms with E-state index in [4.69, 9.17) is 46.4 Å². The molecule has 0 aliphatic carbocycles. The molecule has 138 valence electrons. The molecule has 0 aliphatic heterocycles.